The Balaban J connectivity index is 2.34. The summed E-state index contributed by atoms with van der Waals surface area (Å²) in [6.07, 6.45) is 2.91. The minimum Gasteiger partial charge on any atom is -0.493 e. The minimum absolute atomic E-state index is 0.126. The molecule has 1 heterocycles. The van der Waals surface area contributed by atoms with Gasteiger partial charge in [-0.2, -0.15) is 0 Å². The normalized spacial score (nSPS) is 11.0. The van der Waals surface area contributed by atoms with Gasteiger partial charge in [0, 0.05) is 11.9 Å². The van der Waals surface area contributed by atoms with Crippen molar-refractivity contribution in [1.29, 1.82) is 0 Å². The smallest absolute Gasteiger partial charge is 0.262 e. The summed E-state index contributed by atoms with van der Waals surface area (Å²) in [5.74, 6) is 0.349. The third-order valence-electron chi connectivity index (χ3n) is 2.44. The van der Waals surface area contributed by atoms with Gasteiger partial charge in [0.05, 0.1) is 23.9 Å². The zero-order valence-electron chi connectivity index (χ0n) is 10.2. The van der Waals surface area contributed by atoms with E-state index < -0.39 is 10.0 Å². The van der Waals surface area contributed by atoms with Crippen molar-refractivity contribution in [3.05, 3.63) is 42.7 Å². The zero-order chi connectivity index (χ0) is 13.9. The first-order chi connectivity index (χ1) is 9.03. The Morgan fingerprint density at radius 2 is 1.89 bits per heavy atom. The van der Waals surface area contributed by atoms with Gasteiger partial charge in [0.1, 0.15) is 0 Å². The van der Waals surface area contributed by atoms with Crippen molar-refractivity contribution in [2.75, 3.05) is 17.6 Å². The first-order valence-electron chi connectivity index (χ1n) is 5.39. The van der Waals surface area contributed by atoms with Crippen LogP contribution in [0.15, 0.2) is 47.6 Å². The van der Waals surface area contributed by atoms with Gasteiger partial charge in [0.2, 0.25) is 0 Å². The molecule has 0 aliphatic rings. The second kappa shape index (κ2) is 5.15. The van der Waals surface area contributed by atoms with E-state index in [1.54, 1.807) is 0 Å². The van der Waals surface area contributed by atoms with E-state index in [0.717, 1.165) is 0 Å². The Morgan fingerprint density at radius 1 is 1.21 bits per heavy atom. The Kier molecular flexibility index (Phi) is 3.57. The lowest BCUT2D eigenvalue weighted by atomic mass is 10.3. The molecule has 7 heteroatoms. The third kappa shape index (κ3) is 2.94. The van der Waals surface area contributed by atoms with Gasteiger partial charge in [-0.3, -0.25) is 9.71 Å². The van der Waals surface area contributed by atoms with Crippen molar-refractivity contribution < 1.29 is 13.2 Å². The summed E-state index contributed by atoms with van der Waals surface area (Å²) in [7, 11) is -2.23. The molecule has 0 atom stereocenters. The fourth-order valence-corrected chi connectivity index (χ4v) is 2.55. The van der Waals surface area contributed by atoms with Crippen LogP contribution in [-0.2, 0) is 10.0 Å². The van der Waals surface area contributed by atoms with Gasteiger partial charge >= 0.3 is 0 Å². The summed E-state index contributed by atoms with van der Waals surface area (Å²) in [5, 5.41) is 0. The molecule has 2 aromatic rings. The number of nitrogens with zero attached hydrogens (tertiary/aromatic N) is 1. The summed E-state index contributed by atoms with van der Waals surface area (Å²) < 4.78 is 31.8. The van der Waals surface area contributed by atoms with Gasteiger partial charge in [-0.25, -0.2) is 8.42 Å². The summed E-state index contributed by atoms with van der Waals surface area (Å²) in [5.41, 5.74) is 6.35. The predicted molar refractivity (Wildman–Crippen MR) is 72.5 cm³/mol. The predicted octanol–water partition coefficient (Wildman–Crippen LogP) is 1.47. The molecule has 2 rings (SSSR count). The second-order valence-corrected chi connectivity index (χ2v) is 5.43. The summed E-state index contributed by atoms with van der Waals surface area (Å²) in [6, 6.07) is 7.45. The quantitative estimate of drug-likeness (QED) is 0.826. The van der Waals surface area contributed by atoms with E-state index in [9.17, 15) is 8.42 Å². The number of anilines is 2. The van der Waals surface area contributed by atoms with E-state index in [2.05, 4.69) is 9.71 Å². The van der Waals surface area contributed by atoms with Crippen molar-refractivity contribution in [1.82, 2.24) is 4.98 Å². The molecule has 0 unspecified atom stereocenters. The average Bonchev–Trinajstić information content (AvgIpc) is 2.39. The van der Waals surface area contributed by atoms with Crippen LogP contribution in [0.4, 0.5) is 11.4 Å². The molecular formula is C12H13N3O3S. The number of hydrogen-bond acceptors (Lipinski definition) is 5. The highest BCUT2D eigenvalue weighted by molar-refractivity contribution is 7.92. The van der Waals surface area contributed by atoms with Crippen LogP contribution in [0, 0.1) is 0 Å². The summed E-state index contributed by atoms with van der Waals surface area (Å²) >= 11 is 0. The first-order valence-corrected chi connectivity index (χ1v) is 6.87. The molecule has 0 aliphatic carbocycles. The van der Waals surface area contributed by atoms with Crippen LogP contribution in [-0.4, -0.2) is 20.5 Å². The number of nitrogens with two attached hydrogens (primary N) is 1. The lowest BCUT2D eigenvalue weighted by Gasteiger charge is -2.11. The number of ether oxygens (including phenoxy) is 1. The van der Waals surface area contributed by atoms with Gasteiger partial charge in [-0.15, -0.1) is 0 Å². The lowest BCUT2D eigenvalue weighted by Crippen LogP contribution is -2.13. The molecule has 1 aromatic carbocycles. The number of sulfonamides is 1. The van der Waals surface area contributed by atoms with E-state index >= 15 is 0 Å². The third-order valence-corrected chi connectivity index (χ3v) is 3.82. The first kappa shape index (κ1) is 13.2. The van der Waals surface area contributed by atoms with Crippen LogP contribution in [0.2, 0.25) is 0 Å². The largest absolute Gasteiger partial charge is 0.493 e. The zero-order valence-corrected chi connectivity index (χ0v) is 11.0. The number of pyridine rings is 1. The van der Waals surface area contributed by atoms with Crippen molar-refractivity contribution in [2.24, 2.45) is 0 Å². The molecule has 19 heavy (non-hydrogen) atoms. The van der Waals surface area contributed by atoms with E-state index in [1.807, 2.05) is 0 Å². The Labute approximate surface area is 111 Å². The van der Waals surface area contributed by atoms with E-state index in [0.29, 0.717) is 17.1 Å². The molecular weight excluding hydrogens is 266 g/mol. The summed E-state index contributed by atoms with van der Waals surface area (Å²) in [4.78, 5) is 3.98. The number of methoxy groups -OCH3 is 1. The number of rotatable bonds is 4. The van der Waals surface area contributed by atoms with Gasteiger partial charge in [0.15, 0.2) is 5.75 Å². The van der Waals surface area contributed by atoms with E-state index in [1.165, 1.54) is 49.8 Å². The molecule has 6 nitrogen and oxygen atoms in total. The Bertz CT molecular complexity index is 669. The van der Waals surface area contributed by atoms with Gasteiger partial charge in [-0.1, -0.05) is 0 Å². The van der Waals surface area contributed by atoms with Crippen LogP contribution >= 0.6 is 0 Å². The molecule has 0 saturated carbocycles. The topological polar surface area (TPSA) is 94.3 Å². The molecule has 1 aromatic heterocycles. The van der Waals surface area contributed by atoms with Crippen molar-refractivity contribution >= 4 is 21.4 Å². The van der Waals surface area contributed by atoms with Gasteiger partial charge in [-0.05, 0) is 30.3 Å². The second-order valence-electron chi connectivity index (χ2n) is 3.75. The highest BCUT2D eigenvalue weighted by atomic mass is 32.2. The average molecular weight is 279 g/mol. The maximum Gasteiger partial charge on any atom is 0.262 e. The molecule has 0 saturated heterocycles. The molecule has 0 spiro atoms. The molecule has 0 radical (unpaired) electrons. The van der Waals surface area contributed by atoms with Crippen molar-refractivity contribution in [3.8, 4) is 5.75 Å². The van der Waals surface area contributed by atoms with Crippen molar-refractivity contribution in [3.63, 3.8) is 0 Å². The van der Waals surface area contributed by atoms with E-state index in [-0.39, 0.29) is 4.90 Å². The SMILES string of the molecule is COc1cnccc1NS(=O)(=O)c1ccc(N)cc1. The van der Waals surface area contributed by atoms with Gasteiger partial charge in [0.25, 0.3) is 10.0 Å². The monoisotopic (exact) mass is 279 g/mol. The lowest BCUT2D eigenvalue weighted by molar-refractivity contribution is 0.415. The molecule has 0 bridgehead atoms. The highest BCUT2D eigenvalue weighted by Gasteiger charge is 2.16. The summed E-state index contributed by atoms with van der Waals surface area (Å²) in [6.45, 7) is 0. The maximum absolute atomic E-state index is 12.2. The standard InChI is InChI=1S/C12H13N3O3S/c1-18-12-8-14-7-6-11(12)15-19(16,17)10-4-2-9(13)3-5-10/h2-8H,13H2,1H3,(H,14,15). The molecule has 100 valence electrons. The molecule has 0 fully saturated rings. The molecule has 3 N–H and O–H groups in total. The Morgan fingerprint density at radius 3 is 2.53 bits per heavy atom. The van der Waals surface area contributed by atoms with Crippen molar-refractivity contribution in [2.45, 2.75) is 4.90 Å². The van der Waals surface area contributed by atoms with E-state index in [4.69, 9.17) is 10.5 Å². The van der Waals surface area contributed by atoms with Gasteiger partial charge < -0.3 is 10.5 Å². The van der Waals surface area contributed by atoms with Crippen LogP contribution in [0.5, 0.6) is 5.75 Å². The minimum atomic E-state index is -3.68. The number of aromatic nitrogens is 1. The maximum atomic E-state index is 12.2. The number of nitrogen functional groups attached to an aromatic ring is 1. The number of nitrogens with one attached hydrogen (secondary N) is 1. The van der Waals surface area contributed by atoms with Crippen LogP contribution < -0.4 is 15.2 Å². The fraction of sp³-hybridized carbons (Fsp3) is 0.0833. The van der Waals surface area contributed by atoms with Crippen LogP contribution in [0.1, 0.15) is 0 Å². The van der Waals surface area contributed by atoms with Crippen LogP contribution in [0.25, 0.3) is 0 Å². The number of hydrogen-bond donors (Lipinski definition) is 2. The molecule has 0 amide bonds. The highest BCUT2D eigenvalue weighted by Crippen LogP contribution is 2.25. The number of benzene rings is 1. The Hall–Kier alpha value is -2.28. The fourth-order valence-electron chi connectivity index (χ4n) is 1.48. The van der Waals surface area contributed by atoms with Crippen LogP contribution in [0.3, 0.4) is 0 Å². The molecule has 0 aliphatic heterocycles.